The molecule has 0 aliphatic rings. The first-order valence-corrected chi connectivity index (χ1v) is 8.34. The number of carbonyl (C=O) groups is 2. The number of aliphatic carboxylic acids is 1. The summed E-state index contributed by atoms with van der Waals surface area (Å²) in [6, 6.07) is 12.3. The topological polar surface area (TPSA) is 91.3 Å². The van der Waals surface area contributed by atoms with Gasteiger partial charge in [-0.3, -0.25) is 9.78 Å². The highest BCUT2D eigenvalue weighted by Gasteiger charge is 2.16. The molecule has 1 aromatic carbocycles. The highest BCUT2D eigenvalue weighted by molar-refractivity contribution is 6.30. The molecule has 0 fully saturated rings. The third-order valence-electron chi connectivity index (χ3n) is 3.56. The first-order valence-electron chi connectivity index (χ1n) is 7.96. The molecule has 132 valence electrons. The van der Waals surface area contributed by atoms with Gasteiger partial charge in [0.2, 0.25) is 0 Å². The average Bonchev–Trinajstić information content (AvgIpc) is 2.60. The summed E-state index contributed by atoms with van der Waals surface area (Å²) < 4.78 is 0. The fraction of sp³-hybridized carbons (Fsp3) is 0.278. The minimum absolute atomic E-state index is 0.0225. The van der Waals surface area contributed by atoms with Crippen LogP contribution in [0.5, 0.6) is 0 Å². The Kier molecular flexibility index (Phi) is 7.22. The van der Waals surface area contributed by atoms with E-state index in [9.17, 15) is 9.59 Å². The quantitative estimate of drug-likeness (QED) is 0.630. The van der Waals surface area contributed by atoms with Crippen LogP contribution in [0.2, 0.25) is 5.02 Å². The minimum Gasteiger partial charge on any atom is -0.481 e. The van der Waals surface area contributed by atoms with Gasteiger partial charge in [0, 0.05) is 24.2 Å². The van der Waals surface area contributed by atoms with Crippen molar-refractivity contribution in [3.8, 4) is 0 Å². The molecule has 1 heterocycles. The molecule has 25 heavy (non-hydrogen) atoms. The Morgan fingerprint density at radius 1 is 1.16 bits per heavy atom. The third-order valence-corrected chi connectivity index (χ3v) is 3.81. The lowest BCUT2D eigenvalue weighted by Crippen LogP contribution is -2.39. The molecule has 2 rings (SSSR count). The number of rotatable bonds is 8. The molecule has 0 aliphatic carbocycles. The molecule has 0 bridgehead atoms. The fourth-order valence-electron chi connectivity index (χ4n) is 2.32. The predicted molar refractivity (Wildman–Crippen MR) is 95.5 cm³/mol. The van der Waals surface area contributed by atoms with Gasteiger partial charge in [0.25, 0.3) is 0 Å². The molecule has 0 spiro atoms. The van der Waals surface area contributed by atoms with Crippen molar-refractivity contribution in [2.75, 3.05) is 6.54 Å². The summed E-state index contributed by atoms with van der Waals surface area (Å²) >= 11 is 5.91. The van der Waals surface area contributed by atoms with E-state index < -0.39 is 5.97 Å². The van der Waals surface area contributed by atoms with Gasteiger partial charge >= 0.3 is 12.0 Å². The first kappa shape index (κ1) is 18.7. The van der Waals surface area contributed by atoms with Crippen LogP contribution in [-0.4, -0.2) is 28.6 Å². The maximum atomic E-state index is 12.1. The zero-order valence-corrected chi connectivity index (χ0v) is 14.4. The van der Waals surface area contributed by atoms with E-state index in [2.05, 4.69) is 15.6 Å². The summed E-state index contributed by atoms with van der Waals surface area (Å²) in [5.41, 5.74) is 1.77. The van der Waals surface area contributed by atoms with Gasteiger partial charge in [-0.05, 0) is 42.7 Å². The highest BCUT2D eigenvalue weighted by Crippen LogP contribution is 2.18. The summed E-state index contributed by atoms with van der Waals surface area (Å²) in [7, 11) is 0. The maximum absolute atomic E-state index is 12.1. The molecule has 2 amide bonds. The largest absolute Gasteiger partial charge is 0.481 e. The van der Waals surface area contributed by atoms with Crippen LogP contribution in [0.15, 0.2) is 48.7 Å². The molecular weight excluding hydrogens is 342 g/mol. The Labute approximate surface area is 151 Å². The van der Waals surface area contributed by atoms with Crippen LogP contribution in [0, 0.1) is 0 Å². The minimum atomic E-state index is -0.878. The van der Waals surface area contributed by atoms with Crippen molar-refractivity contribution < 1.29 is 14.7 Å². The molecule has 0 radical (unpaired) electrons. The van der Waals surface area contributed by atoms with Crippen LogP contribution in [0.25, 0.3) is 0 Å². The van der Waals surface area contributed by atoms with Crippen LogP contribution in [-0.2, 0) is 11.2 Å². The van der Waals surface area contributed by atoms with Gasteiger partial charge in [0.05, 0.1) is 11.7 Å². The van der Waals surface area contributed by atoms with E-state index in [1.807, 2.05) is 30.3 Å². The average molecular weight is 362 g/mol. The van der Waals surface area contributed by atoms with Crippen molar-refractivity contribution in [3.05, 3.63) is 64.9 Å². The lowest BCUT2D eigenvalue weighted by atomic mass is 10.0. The molecule has 2 aromatic rings. The van der Waals surface area contributed by atoms with E-state index in [4.69, 9.17) is 16.7 Å². The van der Waals surface area contributed by atoms with E-state index in [1.165, 1.54) is 0 Å². The number of carboxylic acid groups (broad SMARTS) is 1. The normalized spacial score (nSPS) is 11.6. The molecule has 7 heteroatoms. The maximum Gasteiger partial charge on any atom is 0.315 e. The number of hydrogen-bond acceptors (Lipinski definition) is 3. The number of hydrogen-bond donors (Lipinski definition) is 3. The molecule has 0 aliphatic heterocycles. The molecule has 1 atom stereocenters. The van der Waals surface area contributed by atoms with E-state index in [0.29, 0.717) is 24.4 Å². The van der Waals surface area contributed by atoms with Gasteiger partial charge in [0.15, 0.2) is 0 Å². The second-order valence-electron chi connectivity index (χ2n) is 5.54. The lowest BCUT2D eigenvalue weighted by molar-refractivity contribution is -0.137. The number of urea groups is 1. The number of halogens is 1. The molecule has 6 nitrogen and oxygen atoms in total. The molecular formula is C18H20ClN3O3. The van der Waals surface area contributed by atoms with E-state index in [-0.39, 0.29) is 18.5 Å². The predicted octanol–water partition coefficient (Wildman–Crippen LogP) is 3.18. The van der Waals surface area contributed by atoms with Gasteiger partial charge in [-0.15, -0.1) is 0 Å². The zero-order chi connectivity index (χ0) is 18.1. The Morgan fingerprint density at radius 2 is 1.92 bits per heavy atom. The van der Waals surface area contributed by atoms with Crippen LogP contribution < -0.4 is 10.6 Å². The third kappa shape index (κ3) is 6.81. The van der Waals surface area contributed by atoms with Crippen molar-refractivity contribution in [3.63, 3.8) is 0 Å². The van der Waals surface area contributed by atoms with Gasteiger partial charge in [0.1, 0.15) is 0 Å². The number of carbonyl (C=O) groups excluding carboxylic acids is 1. The molecule has 0 saturated carbocycles. The first-order chi connectivity index (χ1) is 12.0. The zero-order valence-electron chi connectivity index (χ0n) is 13.6. The van der Waals surface area contributed by atoms with Crippen molar-refractivity contribution in [1.29, 1.82) is 0 Å². The molecule has 3 N–H and O–H groups in total. The number of pyridine rings is 1. The van der Waals surface area contributed by atoms with E-state index in [0.717, 1.165) is 11.3 Å². The molecule has 1 aromatic heterocycles. The van der Waals surface area contributed by atoms with Crippen molar-refractivity contribution in [1.82, 2.24) is 15.6 Å². The SMILES string of the molecule is O=C(O)CCCNC(=O)NC(Cc1ccc(Cl)cc1)c1ccccn1. The molecule has 0 saturated heterocycles. The Morgan fingerprint density at radius 3 is 2.56 bits per heavy atom. The van der Waals surface area contributed by atoms with Crippen LogP contribution >= 0.6 is 11.6 Å². The Bertz CT molecular complexity index is 692. The van der Waals surface area contributed by atoms with Crippen molar-refractivity contribution in [2.45, 2.75) is 25.3 Å². The summed E-state index contributed by atoms with van der Waals surface area (Å²) in [4.78, 5) is 26.9. The van der Waals surface area contributed by atoms with E-state index in [1.54, 1.807) is 18.3 Å². The van der Waals surface area contributed by atoms with Crippen LogP contribution in [0.1, 0.15) is 30.1 Å². The van der Waals surface area contributed by atoms with Gasteiger partial charge < -0.3 is 15.7 Å². The number of nitrogens with one attached hydrogen (secondary N) is 2. The van der Waals surface area contributed by atoms with Gasteiger partial charge in [-0.2, -0.15) is 0 Å². The summed E-state index contributed by atoms with van der Waals surface area (Å²) in [5.74, 6) is -0.878. The van der Waals surface area contributed by atoms with Gasteiger partial charge in [-0.25, -0.2) is 4.79 Å². The second-order valence-corrected chi connectivity index (χ2v) is 5.97. The van der Waals surface area contributed by atoms with Crippen molar-refractivity contribution in [2.24, 2.45) is 0 Å². The number of aromatic nitrogens is 1. The Hall–Kier alpha value is -2.60. The second kappa shape index (κ2) is 9.64. The number of nitrogens with zero attached hydrogens (tertiary/aromatic N) is 1. The lowest BCUT2D eigenvalue weighted by Gasteiger charge is -2.19. The van der Waals surface area contributed by atoms with E-state index >= 15 is 0 Å². The number of benzene rings is 1. The van der Waals surface area contributed by atoms with Crippen LogP contribution in [0.4, 0.5) is 4.79 Å². The molecule has 1 unspecified atom stereocenters. The fourth-order valence-corrected chi connectivity index (χ4v) is 2.44. The summed E-state index contributed by atoms with van der Waals surface area (Å²) in [6.07, 6.45) is 2.65. The van der Waals surface area contributed by atoms with Crippen molar-refractivity contribution >= 4 is 23.6 Å². The van der Waals surface area contributed by atoms with Crippen LogP contribution in [0.3, 0.4) is 0 Å². The summed E-state index contributed by atoms with van der Waals surface area (Å²) in [5, 5.41) is 14.8. The number of carboxylic acids is 1. The monoisotopic (exact) mass is 361 g/mol. The Balaban J connectivity index is 1.98. The number of amides is 2. The van der Waals surface area contributed by atoms with Gasteiger partial charge in [-0.1, -0.05) is 29.8 Å². The standard InChI is InChI=1S/C18H20ClN3O3/c19-14-8-6-13(7-9-14)12-16(15-4-1-2-10-20-15)22-18(25)21-11-3-5-17(23)24/h1-2,4,6-10,16H,3,5,11-12H2,(H,23,24)(H2,21,22,25). The smallest absolute Gasteiger partial charge is 0.315 e. The highest BCUT2D eigenvalue weighted by atomic mass is 35.5. The summed E-state index contributed by atoms with van der Waals surface area (Å²) in [6.45, 7) is 0.300.